The molecule has 1 fully saturated rings. The number of hydroxylamine groups is 1. The van der Waals surface area contributed by atoms with E-state index in [1.165, 1.54) is 6.92 Å². The summed E-state index contributed by atoms with van der Waals surface area (Å²) in [7, 11) is 0. The van der Waals surface area contributed by atoms with Gasteiger partial charge in [-0.1, -0.05) is 16.8 Å². The van der Waals surface area contributed by atoms with Crippen LogP contribution in [0.25, 0.3) is 0 Å². The first kappa shape index (κ1) is 14.5. The number of oxime groups is 1. The fourth-order valence-corrected chi connectivity index (χ4v) is 2.45. The second kappa shape index (κ2) is 6.05. The molecule has 1 atom stereocenters. The van der Waals surface area contributed by atoms with E-state index in [0.29, 0.717) is 33.9 Å². The molecule has 1 N–H and O–H groups in total. The van der Waals surface area contributed by atoms with Gasteiger partial charge in [-0.2, -0.15) is 4.74 Å². The minimum absolute atomic E-state index is 0.0837. The minimum atomic E-state index is -0.545. The summed E-state index contributed by atoms with van der Waals surface area (Å²) in [5.74, 6) is -0.346. The average Bonchev–Trinajstić information content (AvgIpc) is 2.94. The Bertz CT molecular complexity index is 579. The second-order valence-corrected chi connectivity index (χ2v) is 5.18. The highest BCUT2D eigenvalue weighted by Gasteiger charge is 2.32. The maximum absolute atomic E-state index is 12.2. The molecule has 1 aliphatic rings. The van der Waals surface area contributed by atoms with Gasteiger partial charge in [-0.3, -0.25) is 4.79 Å². The van der Waals surface area contributed by atoms with E-state index in [-0.39, 0.29) is 11.5 Å². The minimum Gasteiger partial charge on any atom is -0.623 e. The van der Waals surface area contributed by atoms with Crippen LogP contribution in [-0.2, 0) is 0 Å². The van der Waals surface area contributed by atoms with Crippen LogP contribution in [0.2, 0.25) is 5.02 Å². The highest BCUT2D eigenvalue weighted by molar-refractivity contribution is 6.43. The van der Waals surface area contributed by atoms with Gasteiger partial charge in [0.05, 0.1) is 0 Å². The van der Waals surface area contributed by atoms with Crippen LogP contribution in [0.4, 0.5) is 0 Å². The maximum atomic E-state index is 12.2. The van der Waals surface area contributed by atoms with Crippen LogP contribution >= 0.6 is 11.6 Å². The summed E-state index contributed by atoms with van der Waals surface area (Å²) in [6.07, 6.45) is 1.96. The number of rotatable bonds is 3. The fraction of sp³-hybridized carbons (Fsp3) is 0.357. The number of carbonyl (C=O) groups excluding carboxylic acids is 1. The van der Waals surface area contributed by atoms with Gasteiger partial charge in [0.25, 0.3) is 5.78 Å². The third kappa shape index (κ3) is 2.82. The van der Waals surface area contributed by atoms with Gasteiger partial charge in [-0.25, -0.2) is 0 Å². The van der Waals surface area contributed by atoms with E-state index in [1.807, 2.05) is 0 Å². The number of hydrogen-bond acceptors (Lipinski definition) is 4. The predicted octanol–water partition coefficient (Wildman–Crippen LogP) is 2.88. The zero-order valence-corrected chi connectivity index (χ0v) is 11.8. The van der Waals surface area contributed by atoms with Crippen LogP contribution in [0.15, 0.2) is 29.4 Å². The van der Waals surface area contributed by atoms with Crippen LogP contribution in [0.1, 0.15) is 36.5 Å². The molecule has 1 saturated carbocycles. The number of halogens is 1. The molecule has 1 unspecified atom stereocenters. The van der Waals surface area contributed by atoms with Gasteiger partial charge in [-0.05, 0) is 37.1 Å². The maximum Gasteiger partial charge on any atom is 0.252 e. The van der Waals surface area contributed by atoms with Crippen molar-refractivity contribution in [3.63, 3.8) is 0 Å². The number of Topliss-reactive ketones (excluding diaryl/α,β-unsaturated/α-hetero) is 1. The Morgan fingerprint density at radius 1 is 1.45 bits per heavy atom. The van der Waals surface area contributed by atoms with E-state index >= 15 is 0 Å². The lowest BCUT2D eigenvalue weighted by molar-refractivity contribution is -0.479. The lowest BCUT2D eigenvalue weighted by Crippen LogP contribution is -2.33. The summed E-state index contributed by atoms with van der Waals surface area (Å²) < 4.78 is 0.652. The summed E-state index contributed by atoms with van der Waals surface area (Å²) in [6.45, 7) is 1.48. The van der Waals surface area contributed by atoms with E-state index in [0.717, 1.165) is 6.42 Å². The van der Waals surface area contributed by atoms with Crippen LogP contribution < -0.4 is 0 Å². The molecule has 5 nitrogen and oxygen atoms in total. The van der Waals surface area contributed by atoms with Crippen molar-refractivity contribution in [3.8, 4) is 0 Å². The molecule has 0 spiro atoms. The highest BCUT2D eigenvalue weighted by Crippen LogP contribution is 2.19. The van der Waals surface area contributed by atoms with Gasteiger partial charge in [0, 0.05) is 23.9 Å². The standard InChI is InChI=1S/C14H15ClN2O3/c1-9(14(18)10-5-7-11(15)8-6-10)17(20)13-4-2-3-12(13)16-19/h5-8,13,19H,2-4H2,1H3/b16-12+,17-9+. The number of benzene rings is 1. The molecule has 0 saturated heterocycles. The first-order valence-corrected chi connectivity index (χ1v) is 6.73. The molecule has 2 rings (SSSR count). The Hall–Kier alpha value is -1.88. The molecular formula is C14H15ClN2O3. The topological polar surface area (TPSA) is 75.7 Å². The zero-order valence-electron chi connectivity index (χ0n) is 11.0. The number of carbonyl (C=O) groups is 1. The molecule has 0 radical (unpaired) electrons. The van der Waals surface area contributed by atoms with Crippen LogP contribution in [0, 0.1) is 5.21 Å². The molecule has 1 aliphatic carbocycles. The SMILES string of the molecule is C/C(C(=O)c1ccc(Cl)cc1)=[N+](\[O-])C1CCC/C1=N\O. The molecule has 1 aromatic carbocycles. The monoisotopic (exact) mass is 294 g/mol. The Kier molecular flexibility index (Phi) is 4.39. The van der Waals surface area contributed by atoms with E-state index in [2.05, 4.69) is 5.16 Å². The molecule has 0 bridgehead atoms. The van der Waals surface area contributed by atoms with Gasteiger partial charge >= 0.3 is 0 Å². The lowest BCUT2D eigenvalue weighted by Gasteiger charge is -2.14. The quantitative estimate of drug-likeness (QED) is 0.233. The van der Waals surface area contributed by atoms with Crippen molar-refractivity contribution >= 4 is 28.8 Å². The van der Waals surface area contributed by atoms with Crippen molar-refractivity contribution in [3.05, 3.63) is 40.1 Å². The van der Waals surface area contributed by atoms with Crippen molar-refractivity contribution in [2.75, 3.05) is 0 Å². The molecular weight excluding hydrogens is 280 g/mol. The zero-order chi connectivity index (χ0) is 14.7. The molecule has 1 aromatic rings. The van der Waals surface area contributed by atoms with Crippen molar-refractivity contribution in [2.45, 2.75) is 32.2 Å². The second-order valence-electron chi connectivity index (χ2n) is 4.75. The molecule has 0 aromatic heterocycles. The van der Waals surface area contributed by atoms with Crippen LogP contribution in [0.3, 0.4) is 0 Å². The van der Waals surface area contributed by atoms with Gasteiger partial charge in [0.1, 0.15) is 5.71 Å². The largest absolute Gasteiger partial charge is 0.623 e. The predicted molar refractivity (Wildman–Crippen MR) is 77.0 cm³/mol. The van der Waals surface area contributed by atoms with Crippen molar-refractivity contribution in [1.82, 2.24) is 0 Å². The molecule has 0 amide bonds. The Balaban J connectivity index is 2.28. The van der Waals surface area contributed by atoms with E-state index in [9.17, 15) is 10.0 Å². The highest BCUT2D eigenvalue weighted by atomic mass is 35.5. The molecule has 106 valence electrons. The Labute approximate surface area is 121 Å². The third-order valence-corrected chi connectivity index (χ3v) is 3.72. The van der Waals surface area contributed by atoms with Crippen LogP contribution in [-0.4, -0.2) is 33.2 Å². The molecule has 0 aliphatic heterocycles. The van der Waals surface area contributed by atoms with Crippen molar-refractivity contribution in [1.29, 1.82) is 0 Å². The third-order valence-electron chi connectivity index (χ3n) is 3.47. The lowest BCUT2D eigenvalue weighted by atomic mass is 10.1. The van der Waals surface area contributed by atoms with Gasteiger partial charge in [0.2, 0.25) is 11.8 Å². The summed E-state index contributed by atoms with van der Waals surface area (Å²) in [6, 6.07) is 5.83. The number of ketones is 1. The Morgan fingerprint density at radius 3 is 2.70 bits per heavy atom. The van der Waals surface area contributed by atoms with E-state index < -0.39 is 6.04 Å². The van der Waals surface area contributed by atoms with Crippen molar-refractivity contribution in [2.24, 2.45) is 5.16 Å². The van der Waals surface area contributed by atoms with Crippen LogP contribution in [0.5, 0.6) is 0 Å². The smallest absolute Gasteiger partial charge is 0.252 e. The summed E-state index contributed by atoms with van der Waals surface area (Å²) in [5, 5.41) is 24.8. The fourth-order valence-electron chi connectivity index (χ4n) is 2.32. The molecule has 0 heterocycles. The first-order valence-electron chi connectivity index (χ1n) is 6.35. The summed E-state index contributed by atoms with van der Waals surface area (Å²) >= 11 is 5.77. The van der Waals surface area contributed by atoms with E-state index in [4.69, 9.17) is 16.8 Å². The van der Waals surface area contributed by atoms with Gasteiger partial charge in [0.15, 0.2) is 0 Å². The van der Waals surface area contributed by atoms with Gasteiger partial charge in [-0.15, -0.1) is 0 Å². The van der Waals surface area contributed by atoms with Gasteiger partial charge < -0.3 is 10.4 Å². The number of nitrogens with zero attached hydrogens (tertiary/aromatic N) is 2. The van der Waals surface area contributed by atoms with Crippen molar-refractivity contribution < 1.29 is 14.7 Å². The summed E-state index contributed by atoms with van der Waals surface area (Å²) in [4.78, 5) is 12.2. The van der Waals surface area contributed by atoms with E-state index in [1.54, 1.807) is 24.3 Å². The summed E-state index contributed by atoms with van der Waals surface area (Å²) in [5.41, 5.74) is 0.928. The Morgan fingerprint density at radius 2 is 2.10 bits per heavy atom. The molecule has 6 heteroatoms. The first-order chi connectivity index (χ1) is 9.54. The molecule has 20 heavy (non-hydrogen) atoms. The average molecular weight is 295 g/mol. The normalized spacial score (nSPS) is 21.9. The number of hydrogen-bond donors (Lipinski definition) is 1.